The highest BCUT2D eigenvalue weighted by Gasteiger charge is 2.39. The highest BCUT2D eigenvalue weighted by Crippen LogP contribution is 2.48. The lowest BCUT2D eigenvalue weighted by Crippen LogP contribution is -2.18. The van der Waals surface area contributed by atoms with Gasteiger partial charge in [-0.25, -0.2) is 4.39 Å². The molecule has 3 atom stereocenters. The van der Waals surface area contributed by atoms with Gasteiger partial charge in [0.05, 0.1) is 6.61 Å². The van der Waals surface area contributed by atoms with E-state index in [9.17, 15) is 4.39 Å². The predicted molar refractivity (Wildman–Crippen MR) is 65.5 cm³/mol. The maximum absolute atomic E-state index is 13.4. The van der Waals surface area contributed by atoms with E-state index >= 15 is 0 Å². The molecule has 2 aliphatic carbocycles. The van der Waals surface area contributed by atoms with Crippen molar-refractivity contribution in [3.05, 3.63) is 29.6 Å². The van der Waals surface area contributed by atoms with Crippen LogP contribution in [0.3, 0.4) is 0 Å². The molecule has 2 bridgehead atoms. The van der Waals surface area contributed by atoms with Gasteiger partial charge in [-0.2, -0.15) is 5.26 Å². The molecule has 1 aromatic rings. The highest BCUT2D eigenvalue weighted by atomic mass is 19.1. The number of fused-ring (bicyclic) bond motifs is 2. The van der Waals surface area contributed by atoms with Crippen molar-refractivity contribution in [2.45, 2.75) is 25.7 Å². The quantitative estimate of drug-likeness (QED) is 0.816. The van der Waals surface area contributed by atoms with E-state index in [0.29, 0.717) is 18.3 Å². The Kier molecular flexibility index (Phi) is 2.95. The van der Waals surface area contributed by atoms with Gasteiger partial charge < -0.3 is 4.74 Å². The molecule has 2 saturated carbocycles. The van der Waals surface area contributed by atoms with Crippen LogP contribution in [0.15, 0.2) is 18.2 Å². The fourth-order valence-corrected chi connectivity index (χ4v) is 3.51. The fourth-order valence-electron chi connectivity index (χ4n) is 3.51. The second-order valence-electron chi connectivity index (χ2n) is 5.47. The van der Waals surface area contributed by atoms with Crippen LogP contribution in [-0.4, -0.2) is 6.61 Å². The lowest BCUT2D eigenvalue weighted by atomic mass is 9.89. The number of hydrogen-bond donors (Lipinski definition) is 0. The smallest absolute Gasteiger partial charge is 0.144 e. The van der Waals surface area contributed by atoms with Gasteiger partial charge in [-0.3, -0.25) is 0 Å². The van der Waals surface area contributed by atoms with Crippen LogP contribution in [-0.2, 0) is 0 Å². The van der Waals surface area contributed by atoms with Gasteiger partial charge in [0.1, 0.15) is 23.2 Å². The summed E-state index contributed by atoms with van der Waals surface area (Å²) in [6.45, 7) is 0.624. The fraction of sp³-hybridized carbons (Fsp3) is 0.533. The van der Waals surface area contributed by atoms with Gasteiger partial charge >= 0.3 is 0 Å². The van der Waals surface area contributed by atoms with Gasteiger partial charge in [-0.1, -0.05) is 12.5 Å². The van der Waals surface area contributed by atoms with Gasteiger partial charge in [0.15, 0.2) is 0 Å². The van der Waals surface area contributed by atoms with E-state index in [1.807, 2.05) is 6.07 Å². The summed E-state index contributed by atoms with van der Waals surface area (Å²) in [4.78, 5) is 0. The number of rotatable bonds is 3. The molecule has 0 amide bonds. The molecule has 0 N–H and O–H groups in total. The van der Waals surface area contributed by atoms with Crippen LogP contribution in [0.1, 0.15) is 31.2 Å². The van der Waals surface area contributed by atoms with E-state index in [2.05, 4.69) is 0 Å². The number of halogens is 1. The largest absolute Gasteiger partial charge is 0.492 e. The molecule has 94 valence electrons. The normalized spacial score (nSPS) is 29.2. The van der Waals surface area contributed by atoms with Crippen LogP contribution in [0.2, 0.25) is 0 Å². The lowest BCUT2D eigenvalue weighted by Gasteiger charge is -2.22. The van der Waals surface area contributed by atoms with Crippen LogP contribution in [0.25, 0.3) is 0 Å². The van der Waals surface area contributed by atoms with Gasteiger partial charge in [-0.15, -0.1) is 0 Å². The van der Waals surface area contributed by atoms with E-state index in [-0.39, 0.29) is 5.56 Å². The van der Waals surface area contributed by atoms with E-state index in [4.69, 9.17) is 10.00 Å². The van der Waals surface area contributed by atoms with Gasteiger partial charge in [-0.05, 0) is 49.1 Å². The summed E-state index contributed by atoms with van der Waals surface area (Å²) in [5.74, 6) is 2.16. The van der Waals surface area contributed by atoms with Crippen molar-refractivity contribution in [3.8, 4) is 11.8 Å². The van der Waals surface area contributed by atoms with E-state index in [0.717, 1.165) is 11.8 Å². The first-order valence-corrected chi connectivity index (χ1v) is 6.59. The minimum absolute atomic E-state index is 0.0284. The Morgan fingerprint density at radius 3 is 2.89 bits per heavy atom. The standard InChI is InChI=1S/C15H16FNO/c16-14-2-1-3-15(13(14)8-17)18-9-12-7-10-4-5-11(12)6-10/h1-3,10-12H,4-7,9H2. The Labute approximate surface area is 106 Å². The summed E-state index contributed by atoms with van der Waals surface area (Å²) >= 11 is 0. The maximum atomic E-state index is 13.4. The van der Waals surface area contributed by atoms with Crippen molar-refractivity contribution in [2.24, 2.45) is 17.8 Å². The molecule has 2 aliphatic rings. The van der Waals surface area contributed by atoms with Crippen LogP contribution in [0.5, 0.6) is 5.75 Å². The summed E-state index contributed by atoms with van der Waals surface area (Å²) in [7, 11) is 0. The van der Waals surface area contributed by atoms with Crippen molar-refractivity contribution in [2.75, 3.05) is 6.61 Å². The molecule has 3 heteroatoms. The Hall–Kier alpha value is -1.56. The molecule has 0 heterocycles. The van der Waals surface area contributed by atoms with Crippen molar-refractivity contribution in [3.63, 3.8) is 0 Å². The summed E-state index contributed by atoms with van der Waals surface area (Å²) in [6, 6.07) is 6.43. The Bertz CT molecular complexity index is 494. The highest BCUT2D eigenvalue weighted by molar-refractivity contribution is 5.43. The predicted octanol–water partition coefficient (Wildman–Crippen LogP) is 3.51. The number of nitriles is 1. The third-order valence-electron chi connectivity index (χ3n) is 4.42. The van der Waals surface area contributed by atoms with Crippen molar-refractivity contribution in [1.29, 1.82) is 5.26 Å². The molecule has 0 saturated heterocycles. The minimum Gasteiger partial charge on any atom is -0.492 e. The third-order valence-corrected chi connectivity index (χ3v) is 4.42. The number of ether oxygens (including phenoxy) is 1. The molecule has 0 aromatic heterocycles. The number of nitrogens with zero attached hydrogens (tertiary/aromatic N) is 1. The van der Waals surface area contributed by atoms with E-state index in [1.165, 1.54) is 31.7 Å². The Morgan fingerprint density at radius 1 is 1.33 bits per heavy atom. The first-order chi connectivity index (χ1) is 8.78. The summed E-state index contributed by atoms with van der Waals surface area (Å²) in [5.41, 5.74) is 0.0284. The van der Waals surface area contributed by atoms with Gasteiger partial charge in [0.2, 0.25) is 0 Å². The van der Waals surface area contributed by atoms with Crippen LogP contribution in [0, 0.1) is 34.9 Å². The molecule has 3 rings (SSSR count). The zero-order chi connectivity index (χ0) is 12.5. The molecule has 0 spiro atoms. The van der Waals surface area contributed by atoms with Gasteiger partial charge in [0.25, 0.3) is 0 Å². The molecular formula is C15H16FNO. The van der Waals surface area contributed by atoms with Crippen LogP contribution >= 0.6 is 0 Å². The van der Waals surface area contributed by atoms with E-state index in [1.54, 1.807) is 12.1 Å². The maximum Gasteiger partial charge on any atom is 0.144 e. The van der Waals surface area contributed by atoms with Crippen LogP contribution in [0.4, 0.5) is 4.39 Å². The lowest BCUT2D eigenvalue weighted by molar-refractivity contribution is 0.194. The van der Waals surface area contributed by atoms with Crippen molar-refractivity contribution in [1.82, 2.24) is 0 Å². The molecule has 0 radical (unpaired) electrons. The average Bonchev–Trinajstić information content (AvgIpc) is 2.98. The average molecular weight is 245 g/mol. The van der Waals surface area contributed by atoms with Crippen molar-refractivity contribution >= 4 is 0 Å². The second kappa shape index (κ2) is 4.61. The first kappa shape index (κ1) is 11.5. The summed E-state index contributed by atoms with van der Waals surface area (Å²) in [5, 5.41) is 8.93. The Morgan fingerprint density at radius 2 is 2.22 bits per heavy atom. The molecule has 0 aliphatic heterocycles. The van der Waals surface area contributed by atoms with Crippen molar-refractivity contribution < 1.29 is 9.13 Å². The SMILES string of the molecule is N#Cc1c(F)cccc1OCC1CC2CCC1C2. The number of benzene rings is 1. The minimum atomic E-state index is -0.497. The summed E-state index contributed by atoms with van der Waals surface area (Å²) < 4.78 is 19.1. The molecule has 3 unspecified atom stereocenters. The number of hydrogen-bond acceptors (Lipinski definition) is 2. The van der Waals surface area contributed by atoms with Crippen LogP contribution < -0.4 is 4.74 Å². The van der Waals surface area contributed by atoms with Gasteiger partial charge in [0, 0.05) is 0 Å². The zero-order valence-corrected chi connectivity index (χ0v) is 10.2. The third kappa shape index (κ3) is 1.96. The molecule has 18 heavy (non-hydrogen) atoms. The zero-order valence-electron chi connectivity index (χ0n) is 10.2. The van der Waals surface area contributed by atoms with E-state index < -0.39 is 5.82 Å². The molecular weight excluding hydrogens is 229 g/mol. The first-order valence-electron chi connectivity index (χ1n) is 6.59. The Balaban J connectivity index is 1.67. The molecule has 2 fully saturated rings. The summed E-state index contributed by atoms with van der Waals surface area (Å²) in [6.07, 6.45) is 5.25. The monoisotopic (exact) mass is 245 g/mol. The molecule has 1 aromatic carbocycles. The topological polar surface area (TPSA) is 33.0 Å². The second-order valence-corrected chi connectivity index (χ2v) is 5.47. The molecule has 2 nitrogen and oxygen atoms in total.